The fourth-order valence-corrected chi connectivity index (χ4v) is 1.60. The van der Waals surface area contributed by atoms with Crippen LogP contribution in [0.3, 0.4) is 0 Å². The Morgan fingerprint density at radius 3 is 2.75 bits per heavy atom. The van der Waals surface area contributed by atoms with Crippen molar-refractivity contribution in [2.75, 3.05) is 5.43 Å². The van der Waals surface area contributed by atoms with Gasteiger partial charge in [0.15, 0.2) is 0 Å². The summed E-state index contributed by atoms with van der Waals surface area (Å²) in [6.45, 7) is 4.10. The molecule has 16 heavy (non-hydrogen) atoms. The third kappa shape index (κ3) is 1.99. The van der Waals surface area contributed by atoms with Gasteiger partial charge in [0.25, 0.3) is 5.95 Å². The number of aromatic nitrogens is 3. The molecule has 0 aliphatic rings. The van der Waals surface area contributed by atoms with Gasteiger partial charge >= 0.3 is 0 Å². The standard InChI is InChI=1S/C11H13N5/c1-7-3-4-9(8(2)5-7)10-6-13-16-11(14-10)15-12/h3-6H,12H2,1-2H3,(H,14,15,16). The van der Waals surface area contributed by atoms with Gasteiger partial charge in [-0.05, 0) is 19.4 Å². The van der Waals surface area contributed by atoms with E-state index in [9.17, 15) is 0 Å². The van der Waals surface area contributed by atoms with Crippen LogP contribution in [0.2, 0.25) is 0 Å². The molecular formula is C11H13N5. The summed E-state index contributed by atoms with van der Waals surface area (Å²) in [5.74, 6) is 5.56. The number of hydrogen-bond acceptors (Lipinski definition) is 5. The number of benzene rings is 1. The number of rotatable bonds is 2. The van der Waals surface area contributed by atoms with Crippen LogP contribution in [0, 0.1) is 13.8 Å². The molecule has 0 bridgehead atoms. The molecule has 1 aromatic heterocycles. The largest absolute Gasteiger partial charge is 0.291 e. The summed E-state index contributed by atoms with van der Waals surface area (Å²) in [7, 11) is 0. The van der Waals surface area contributed by atoms with Crippen molar-refractivity contribution < 1.29 is 0 Å². The zero-order chi connectivity index (χ0) is 11.5. The van der Waals surface area contributed by atoms with Crippen molar-refractivity contribution in [3.8, 4) is 11.3 Å². The molecule has 0 saturated heterocycles. The van der Waals surface area contributed by atoms with Crippen molar-refractivity contribution in [2.45, 2.75) is 13.8 Å². The van der Waals surface area contributed by atoms with Crippen molar-refractivity contribution >= 4 is 5.95 Å². The van der Waals surface area contributed by atoms with Crippen LogP contribution in [0.1, 0.15) is 11.1 Å². The summed E-state index contributed by atoms with van der Waals surface area (Å²) in [5, 5.41) is 7.57. The Kier molecular flexibility index (Phi) is 2.78. The Bertz CT molecular complexity index is 509. The number of anilines is 1. The lowest BCUT2D eigenvalue weighted by Crippen LogP contribution is -2.11. The van der Waals surface area contributed by atoms with Crippen molar-refractivity contribution in [2.24, 2.45) is 5.84 Å². The SMILES string of the molecule is Cc1ccc(-c2cnnc(NN)n2)c(C)c1. The molecule has 1 heterocycles. The fraction of sp³-hybridized carbons (Fsp3) is 0.182. The molecule has 0 amide bonds. The van der Waals surface area contributed by atoms with Gasteiger partial charge in [0.2, 0.25) is 0 Å². The third-order valence-corrected chi connectivity index (χ3v) is 2.35. The Morgan fingerprint density at radius 1 is 1.25 bits per heavy atom. The Hall–Kier alpha value is -2.01. The maximum absolute atomic E-state index is 5.24. The maximum Gasteiger partial charge on any atom is 0.257 e. The zero-order valence-electron chi connectivity index (χ0n) is 9.23. The monoisotopic (exact) mass is 215 g/mol. The summed E-state index contributed by atoms with van der Waals surface area (Å²) < 4.78 is 0. The van der Waals surface area contributed by atoms with Crippen LogP contribution < -0.4 is 11.3 Å². The average Bonchev–Trinajstić information content (AvgIpc) is 2.29. The first-order valence-electron chi connectivity index (χ1n) is 4.94. The van der Waals surface area contributed by atoms with Gasteiger partial charge in [0, 0.05) is 5.56 Å². The Balaban J connectivity index is 2.49. The van der Waals surface area contributed by atoms with Crippen molar-refractivity contribution in [1.29, 1.82) is 0 Å². The summed E-state index contributed by atoms with van der Waals surface area (Å²) in [4.78, 5) is 4.24. The third-order valence-electron chi connectivity index (χ3n) is 2.35. The summed E-state index contributed by atoms with van der Waals surface area (Å²) in [6.07, 6.45) is 1.62. The maximum atomic E-state index is 5.24. The van der Waals surface area contributed by atoms with Crippen LogP contribution in [-0.4, -0.2) is 15.2 Å². The van der Waals surface area contributed by atoms with Gasteiger partial charge in [-0.15, -0.1) is 5.10 Å². The van der Waals surface area contributed by atoms with Gasteiger partial charge in [-0.3, -0.25) is 5.43 Å². The van der Waals surface area contributed by atoms with Crippen LogP contribution in [0.5, 0.6) is 0 Å². The van der Waals surface area contributed by atoms with Gasteiger partial charge in [-0.2, -0.15) is 5.10 Å². The predicted octanol–water partition coefficient (Wildman–Crippen LogP) is 1.44. The van der Waals surface area contributed by atoms with E-state index in [-0.39, 0.29) is 0 Å². The smallest absolute Gasteiger partial charge is 0.257 e. The van der Waals surface area contributed by atoms with E-state index < -0.39 is 0 Å². The topological polar surface area (TPSA) is 76.7 Å². The lowest BCUT2D eigenvalue weighted by atomic mass is 10.0. The van der Waals surface area contributed by atoms with Gasteiger partial charge < -0.3 is 0 Å². The lowest BCUT2D eigenvalue weighted by molar-refractivity contribution is 0.965. The number of nitrogens with two attached hydrogens (primary N) is 1. The molecule has 5 nitrogen and oxygen atoms in total. The molecule has 5 heteroatoms. The van der Waals surface area contributed by atoms with Crippen molar-refractivity contribution in [1.82, 2.24) is 15.2 Å². The molecule has 0 atom stereocenters. The normalized spacial score (nSPS) is 10.2. The lowest BCUT2D eigenvalue weighted by Gasteiger charge is -2.06. The first kappa shape index (κ1) is 10.5. The molecule has 0 saturated carbocycles. The molecule has 0 aliphatic carbocycles. The molecule has 0 unspecified atom stereocenters. The average molecular weight is 215 g/mol. The van der Waals surface area contributed by atoms with E-state index in [1.807, 2.05) is 19.1 Å². The number of nitrogens with one attached hydrogen (secondary N) is 1. The first-order chi connectivity index (χ1) is 7.70. The molecule has 0 spiro atoms. The molecule has 0 radical (unpaired) electrons. The molecule has 2 rings (SSSR count). The molecule has 3 N–H and O–H groups in total. The van der Waals surface area contributed by atoms with E-state index in [0.29, 0.717) is 5.95 Å². The number of aryl methyl sites for hydroxylation is 2. The van der Waals surface area contributed by atoms with Gasteiger partial charge in [-0.25, -0.2) is 10.8 Å². The van der Waals surface area contributed by atoms with E-state index in [1.54, 1.807) is 6.20 Å². The minimum absolute atomic E-state index is 0.317. The van der Waals surface area contributed by atoms with Gasteiger partial charge in [-0.1, -0.05) is 23.8 Å². The van der Waals surface area contributed by atoms with E-state index >= 15 is 0 Å². The highest BCUT2D eigenvalue weighted by atomic mass is 15.3. The fourth-order valence-electron chi connectivity index (χ4n) is 1.60. The van der Waals surface area contributed by atoms with E-state index in [0.717, 1.165) is 16.8 Å². The van der Waals surface area contributed by atoms with E-state index in [1.165, 1.54) is 5.56 Å². The van der Waals surface area contributed by atoms with Crippen LogP contribution >= 0.6 is 0 Å². The number of hydrogen-bond donors (Lipinski definition) is 2. The van der Waals surface area contributed by atoms with Gasteiger partial charge in [0.05, 0.1) is 11.9 Å². The highest BCUT2D eigenvalue weighted by molar-refractivity contribution is 5.63. The van der Waals surface area contributed by atoms with Crippen LogP contribution in [0.15, 0.2) is 24.4 Å². The zero-order valence-corrected chi connectivity index (χ0v) is 9.23. The summed E-state index contributed by atoms with van der Waals surface area (Å²) in [5.41, 5.74) is 6.57. The molecule has 82 valence electrons. The molecule has 1 aromatic carbocycles. The quantitative estimate of drug-likeness (QED) is 0.585. The number of nitrogen functional groups attached to an aromatic ring is 1. The highest BCUT2D eigenvalue weighted by Gasteiger charge is 2.05. The highest BCUT2D eigenvalue weighted by Crippen LogP contribution is 2.21. The second-order valence-electron chi connectivity index (χ2n) is 3.63. The number of nitrogens with zero attached hydrogens (tertiary/aromatic N) is 3. The summed E-state index contributed by atoms with van der Waals surface area (Å²) in [6, 6.07) is 6.17. The molecule has 0 aliphatic heterocycles. The first-order valence-corrected chi connectivity index (χ1v) is 4.94. The Morgan fingerprint density at radius 2 is 2.06 bits per heavy atom. The predicted molar refractivity (Wildman–Crippen MR) is 62.5 cm³/mol. The minimum atomic E-state index is 0.317. The van der Waals surface area contributed by atoms with Crippen LogP contribution in [0.4, 0.5) is 5.95 Å². The van der Waals surface area contributed by atoms with E-state index in [2.05, 4.69) is 33.6 Å². The number of hydrazine groups is 1. The van der Waals surface area contributed by atoms with Crippen molar-refractivity contribution in [3.05, 3.63) is 35.5 Å². The molecule has 0 fully saturated rings. The summed E-state index contributed by atoms with van der Waals surface area (Å²) >= 11 is 0. The Labute approximate surface area is 93.7 Å². The second-order valence-corrected chi connectivity index (χ2v) is 3.63. The van der Waals surface area contributed by atoms with Crippen LogP contribution in [-0.2, 0) is 0 Å². The van der Waals surface area contributed by atoms with Crippen molar-refractivity contribution in [3.63, 3.8) is 0 Å². The second kappa shape index (κ2) is 4.24. The van der Waals surface area contributed by atoms with Crippen LogP contribution in [0.25, 0.3) is 11.3 Å². The molecular weight excluding hydrogens is 202 g/mol. The minimum Gasteiger partial charge on any atom is -0.291 e. The molecule has 2 aromatic rings. The van der Waals surface area contributed by atoms with Gasteiger partial charge in [0.1, 0.15) is 0 Å². The van der Waals surface area contributed by atoms with E-state index in [4.69, 9.17) is 5.84 Å².